The fourth-order valence-electron chi connectivity index (χ4n) is 1.46. The summed E-state index contributed by atoms with van der Waals surface area (Å²) in [6.07, 6.45) is -1.10. The smallest absolute Gasteiger partial charge is 0.408 e. The highest BCUT2D eigenvalue weighted by Gasteiger charge is 2.24. The molecule has 6 N–H and O–H groups in total. The lowest BCUT2D eigenvalue weighted by atomic mass is 10.2. The predicted octanol–water partition coefficient (Wildman–Crippen LogP) is -1.10. The molecule has 0 fully saturated rings. The number of aliphatic carboxylic acids is 1. The summed E-state index contributed by atoms with van der Waals surface area (Å²) in [7, 11) is 0. The number of amides is 5. The number of carbonyl (C=O) groups excluding carboxylic acids is 4. The van der Waals surface area contributed by atoms with Crippen molar-refractivity contribution in [3.63, 3.8) is 0 Å². The Morgan fingerprint density at radius 1 is 1.19 bits per heavy atom. The van der Waals surface area contributed by atoms with Crippen LogP contribution in [0.15, 0.2) is 0 Å². The Balaban J connectivity index is 4.81. The average Bonchev–Trinajstić information content (AvgIpc) is 2.46. The molecule has 0 spiro atoms. The summed E-state index contributed by atoms with van der Waals surface area (Å²) in [4.78, 5) is 57.0. The summed E-state index contributed by atoms with van der Waals surface area (Å²) in [6, 6.07) is -2.03. The highest BCUT2D eigenvalue weighted by Crippen LogP contribution is 2.06. The van der Waals surface area contributed by atoms with Crippen molar-refractivity contribution in [2.24, 2.45) is 5.73 Å². The first-order valence-electron chi connectivity index (χ1n) is 7.67. The zero-order chi connectivity index (χ0) is 20.5. The maximum atomic E-state index is 12.1. The van der Waals surface area contributed by atoms with Crippen molar-refractivity contribution >= 4 is 29.9 Å². The second-order valence-corrected chi connectivity index (χ2v) is 6.26. The first-order chi connectivity index (χ1) is 11.8. The van der Waals surface area contributed by atoms with Crippen LogP contribution in [0.25, 0.3) is 0 Å². The molecular weight excluding hydrogens is 350 g/mol. The number of rotatable bonds is 7. The predicted molar refractivity (Wildman–Crippen MR) is 88.5 cm³/mol. The Labute approximate surface area is 150 Å². The molecule has 1 unspecified atom stereocenters. The van der Waals surface area contributed by atoms with Gasteiger partial charge in [-0.25, -0.2) is 14.6 Å². The Hall–Kier alpha value is -3.05. The number of primary amides is 1. The molecular formula is C14H25N5O7. The molecule has 12 heteroatoms. The molecule has 0 aliphatic carbocycles. The van der Waals surface area contributed by atoms with Gasteiger partial charge in [-0.3, -0.25) is 19.8 Å². The third-order valence-electron chi connectivity index (χ3n) is 2.59. The number of carboxylic acid groups (broad SMARTS) is 1. The van der Waals surface area contributed by atoms with E-state index < -0.39 is 48.1 Å². The molecule has 0 heterocycles. The molecule has 0 aliphatic rings. The van der Waals surface area contributed by atoms with Crippen LogP contribution < -0.4 is 21.8 Å². The van der Waals surface area contributed by atoms with Gasteiger partial charge in [-0.05, 0) is 27.7 Å². The molecule has 0 aromatic carbocycles. The molecule has 5 amide bonds. The third kappa shape index (κ3) is 10.7. The number of hydrogen-bond acceptors (Lipinski definition) is 6. The standard InChI is InChI=1S/C14H25N5O7/c1-8(17-13(25)26-14(2,3)4)11(23)18-19(6-5-9(15)20)12(24)16-7-10(21)22/h8H,5-7H2,1-4H3,(H2,15,20)(H,16,24)(H,17,25)(H,18,23)(H,21,22). The van der Waals surface area contributed by atoms with E-state index in [1.807, 2.05) is 5.32 Å². The topological polar surface area (TPSA) is 180 Å². The number of hydrazine groups is 1. The summed E-state index contributed by atoms with van der Waals surface area (Å²) < 4.78 is 5.01. The van der Waals surface area contributed by atoms with Gasteiger partial charge >= 0.3 is 18.1 Å². The van der Waals surface area contributed by atoms with Crippen molar-refractivity contribution in [3.05, 3.63) is 0 Å². The number of ether oxygens (including phenoxy) is 1. The number of nitrogens with one attached hydrogen (secondary N) is 3. The minimum Gasteiger partial charge on any atom is -0.480 e. The van der Waals surface area contributed by atoms with Crippen molar-refractivity contribution in [3.8, 4) is 0 Å². The number of carboxylic acids is 1. The number of alkyl carbamates (subject to hydrolysis) is 1. The third-order valence-corrected chi connectivity index (χ3v) is 2.59. The van der Waals surface area contributed by atoms with Gasteiger partial charge in [0, 0.05) is 6.42 Å². The zero-order valence-electron chi connectivity index (χ0n) is 15.1. The Bertz CT molecular complexity index is 558. The monoisotopic (exact) mass is 375 g/mol. The van der Waals surface area contributed by atoms with Crippen LogP contribution in [-0.4, -0.2) is 64.8 Å². The van der Waals surface area contributed by atoms with Gasteiger partial charge in [0.15, 0.2) is 0 Å². The Morgan fingerprint density at radius 2 is 1.77 bits per heavy atom. The van der Waals surface area contributed by atoms with Gasteiger partial charge in [0.2, 0.25) is 5.91 Å². The van der Waals surface area contributed by atoms with Crippen LogP contribution >= 0.6 is 0 Å². The van der Waals surface area contributed by atoms with Crippen molar-refractivity contribution in [2.45, 2.75) is 45.8 Å². The second kappa shape index (κ2) is 10.1. The van der Waals surface area contributed by atoms with E-state index in [2.05, 4.69) is 10.7 Å². The lowest BCUT2D eigenvalue weighted by Gasteiger charge is -2.25. The lowest BCUT2D eigenvalue weighted by molar-refractivity contribution is -0.135. The van der Waals surface area contributed by atoms with E-state index in [9.17, 15) is 24.0 Å². The van der Waals surface area contributed by atoms with Gasteiger partial charge in [-0.2, -0.15) is 0 Å². The Morgan fingerprint density at radius 3 is 2.23 bits per heavy atom. The molecule has 0 radical (unpaired) electrons. The van der Waals surface area contributed by atoms with Crippen LogP contribution in [0.1, 0.15) is 34.1 Å². The highest BCUT2D eigenvalue weighted by atomic mass is 16.6. The zero-order valence-corrected chi connectivity index (χ0v) is 15.1. The van der Waals surface area contributed by atoms with Gasteiger partial charge in [-0.1, -0.05) is 0 Å². The number of hydrogen-bond donors (Lipinski definition) is 5. The molecule has 148 valence electrons. The molecule has 0 bridgehead atoms. The van der Waals surface area contributed by atoms with Gasteiger partial charge in [0.05, 0.1) is 6.54 Å². The number of nitrogens with two attached hydrogens (primary N) is 1. The van der Waals surface area contributed by atoms with E-state index in [-0.39, 0.29) is 13.0 Å². The molecule has 1 atom stereocenters. The van der Waals surface area contributed by atoms with Crippen LogP contribution in [0, 0.1) is 0 Å². The first-order valence-corrected chi connectivity index (χ1v) is 7.67. The molecule has 12 nitrogen and oxygen atoms in total. The van der Waals surface area contributed by atoms with E-state index in [0.29, 0.717) is 5.01 Å². The van der Waals surface area contributed by atoms with Crippen LogP contribution in [0.5, 0.6) is 0 Å². The highest BCUT2D eigenvalue weighted by molar-refractivity contribution is 5.88. The second-order valence-electron chi connectivity index (χ2n) is 6.26. The Kier molecular flexibility index (Phi) is 8.88. The van der Waals surface area contributed by atoms with Crippen molar-refractivity contribution < 1.29 is 33.8 Å². The number of nitrogens with zero attached hydrogens (tertiary/aromatic N) is 1. The summed E-state index contributed by atoms with van der Waals surface area (Å²) in [5.41, 5.74) is 6.42. The van der Waals surface area contributed by atoms with E-state index in [1.165, 1.54) is 6.92 Å². The van der Waals surface area contributed by atoms with Crippen molar-refractivity contribution in [1.82, 2.24) is 21.1 Å². The number of carbonyl (C=O) groups is 5. The van der Waals surface area contributed by atoms with Crippen molar-refractivity contribution in [1.29, 1.82) is 0 Å². The van der Waals surface area contributed by atoms with Gasteiger partial charge < -0.3 is 26.2 Å². The minimum absolute atomic E-state index is 0.269. The van der Waals surface area contributed by atoms with Crippen LogP contribution in [0.2, 0.25) is 0 Å². The van der Waals surface area contributed by atoms with Gasteiger partial charge in [0.1, 0.15) is 18.2 Å². The summed E-state index contributed by atoms with van der Waals surface area (Å²) in [5, 5.41) is 13.6. The largest absolute Gasteiger partial charge is 0.480 e. The maximum Gasteiger partial charge on any atom is 0.408 e. The van der Waals surface area contributed by atoms with E-state index in [0.717, 1.165) is 0 Å². The molecule has 0 aliphatic heterocycles. The molecule has 0 aromatic rings. The summed E-state index contributed by atoms with van der Waals surface area (Å²) >= 11 is 0. The molecule has 26 heavy (non-hydrogen) atoms. The SMILES string of the molecule is CC(NC(=O)OC(C)(C)C)C(=O)NN(CCC(N)=O)C(=O)NCC(=O)O. The molecule has 0 saturated heterocycles. The maximum absolute atomic E-state index is 12.1. The average molecular weight is 375 g/mol. The summed E-state index contributed by atoms with van der Waals surface area (Å²) in [5.74, 6) is -2.81. The lowest BCUT2D eigenvalue weighted by Crippen LogP contribution is -2.56. The summed E-state index contributed by atoms with van der Waals surface area (Å²) in [6.45, 7) is 5.32. The van der Waals surface area contributed by atoms with Crippen LogP contribution in [0.3, 0.4) is 0 Å². The minimum atomic E-state index is -1.29. The molecule has 0 saturated carbocycles. The number of urea groups is 1. The van der Waals surface area contributed by atoms with Gasteiger partial charge in [0.25, 0.3) is 5.91 Å². The molecule has 0 aromatic heterocycles. The first kappa shape index (κ1) is 22.9. The van der Waals surface area contributed by atoms with E-state index in [1.54, 1.807) is 20.8 Å². The van der Waals surface area contributed by atoms with E-state index >= 15 is 0 Å². The fraction of sp³-hybridized carbons (Fsp3) is 0.643. The quantitative estimate of drug-likeness (QED) is 0.350. The normalized spacial score (nSPS) is 11.7. The van der Waals surface area contributed by atoms with Crippen LogP contribution in [0.4, 0.5) is 9.59 Å². The van der Waals surface area contributed by atoms with Gasteiger partial charge in [-0.15, -0.1) is 0 Å². The molecule has 0 rings (SSSR count). The van der Waals surface area contributed by atoms with E-state index in [4.69, 9.17) is 15.6 Å². The van der Waals surface area contributed by atoms with Crippen molar-refractivity contribution in [2.75, 3.05) is 13.1 Å². The fourth-order valence-corrected chi connectivity index (χ4v) is 1.46. The van der Waals surface area contributed by atoms with Crippen LogP contribution in [-0.2, 0) is 19.1 Å².